The molecule has 100 valence electrons. The number of benzene rings is 1. The van der Waals surface area contributed by atoms with Crippen molar-refractivity contribution in [3.63, 3.8) is 0 Å². The summed E-state index contributed by atoms with van der Waals surface area (Å²) in [5.41, 5.74) is 1.81. The lowest BCUT2D eigenvalue weighted by atomic mass is 9.69. The molecule has 0 spiro atoms. The predicted octanol–water partition coefficient (Wildman–Crippen LogP) is 4.54. The second-order valence-electron chi connectivity index (χ2n) is 5.52. The number of nitrogens with one attached hydrogen (secondary N) is 1. The molecule has 1 aromatic rings. The molecule has 1 fully saturated rings. The Morgan fingerprint density at radius 2 is 1.78 bits per heavy atom. The van der Waals surface area contributed by atoms with Crippen LogP contribution in [0, 0.1) is 0 Å². The van der Waals surface area contributed by atoms with Gasteiger partial charge in [0.2, 0.25) is 0 Å². The van der Waals surface area contributed by atoms with E-state index in [9.17, 15) is 0 Å². The lowest BCUT2D eigenvalue weighted by Gasteiger charge is -2.38. The first-order valence-electron chi connectivity index (χ1n) is 7.24. The third-order valence-electron chi connectivity index (χ3n) is 4.16. The molecule has 0 saturated heterocycles. The Labute approximate surface area is 116 Å². The zero-order valence-corrected chi connectivity index (χ0v) is 12.1. The minimum atomic E-state index is 0.345. The van der Waals surface area contributed by atoms with E-state index in [1.807, 2.05) is 12.1 Å². The first-order valence-corrected chi connectivity index (χ1v) is 7.61. The van der Waals surface area contributed by atoms with E-state index < -0.39 is 0 Å². The Hall–Kier alpha value is -0.530. The van der Waals surface area contributed by atoms with Crippen molar-refractivity contribution in [1.29, 1.82) is 0 Å². The molecular formula is C16H24ClN. The Bertz CT molecular complexity index is 352. The van der Waals surface area contributed by atoms with Crippen LogP contribution in [0.1, 0.15) is 51.0 Å². The third-order valence-corrected chi connectivity index (χ3v) is 4.41. The zero-order valence-electron chi connectivity index (χ0n) is 11.3. The fourth-order valence-electron chi connectivity index (χ4n) is 3.10. The molecule has 1 aliphatic carbocycles. The normalized spacial score (nSPS) is 18.8. The van der Waals surface area contributed by atoms with E-state index in [2.05, 4.69) is 24.4 Å². The lowest BCUT2D eigenvalue weighted by molar-refractivity contribution is 0.280. The highest BCUT2D eigenvalue weighted by atomic mass is 35.5. The molecule has 0 bridgehead atoms. The minimum Gasteiger partial charge on any atom is -0.316 e. The van der Waals surface area contributed by atoms with Gasteiger partial charge in [-0.25, -0.2) is 0 Å². The second kappa shape index (κ2) is 6.58. The Morgan fingerprint density at radius 1 is 1.11 bits per heavy atom. The van der Waals surface area contributed by atoms with Crippen molar-refractivity contribution in [3.8, 4) is 0 Å². The molecule has 0 aliphatic heterocycles. The Kier molecular flexibility index (Phi) is 5.08. The van der Waals surface area contributed by atoms with Gasteiger partial charge in [-0.05, 0) is 43.5 Å². The van der Waals surface area contributed by atoms with Crippen molar-refractivity contribution in [1.82, 2.24) is 5.32 Å². The van der Waals surface area contributed by atoms with E-state index in [1.54, 1.807) is 0 Å². The highest BCUT2D eigenvalue weighted by molar-refractivity contribution is 6.30. The van der Waals surface area contributed by atoms with E-state index in [-0.39, 0.29) is 0 Å². The summed E-state index contributed by atoms with van der Waals surface area (Å²) in [4.78, 5) is 0. The fraction of sp³-hybridized carbons (Fsp3) is 0.625. The zero-order chi connectivity index (χ0) is 12.8. The molecule has 0 unspecified atom stereocenters. The monoisotopic (exact) mass is 265 g/mol. The van der Waals surface area contributed by atoms with Gasteiger partial charge in [0.05, 0.1) is 0 Å². The van der Waals surface area contributed by atoms with Crippen LogP contribution in [0.2, 0.25) is 5.02 Å². The van der Waals surface area contributed by atoms with Crippen molar-refractivity contribution in [2.75, 3.05) is 13.1 Å². The maximum atomic E-state index is 6.01. The first-order chi connectivity index (χ1) is 8.77. The fourth-order valence-corrected chi connectivity index (χ4v) is 3.23. The van der Waals surface area contributed by atoms with Gasteiger partial charge in [-0.15, -0.1) is 0 Å². The minimum absolute atomic E-state index is 0.345. The van der Waals surface area contributed by atoms with Crippen molar-refractivity contribution >= 4 is 11.6 Å². The summed E-state index contributed by atoms with van der Waals surface area (Å²) in [7, 11) is 0. The molecule has 0 aromatic heterocycles. The van der Waals surface area contributed by atoms with Gasteiger partial charge in [-0.1, -0.05) is 49.9 Å². The summed E-state index contributed by atoms with van der Waals surface area (Å²) in [5, 5.41) is 4.46. The van der Waals surface area contributed by atoms with E-state index >= 15 is 0 Å². The maximum Gasteiger partial charge on any atom is 0.0406 e. The molecule has 1 aliphatic rings. The first kappa shape index (κ1) is 13.9. The molecule has 1 N–H and O–H groups in total. The Morgan fingerprint density at radius 3 is 2.39 bits per heavy atom. The van der Waals surface area contributed by atoms with Crippen LogP contribution in [-0.4, -0.2) is 13.1 Å². The second-order valence-corrected chi connectivity index (χ2v) is 5.96. The third kappa shape index (κ3) is 3.27. The predicted molar refractivity (Wildman–Crippen MR) is 79.4 cm³/mol. The van der Waals surface area contributed by atoms with Gasteiger partial charge in [0.25, 0.3) is 0 Å². The van der Waals surface area contributed by atoms with Crippen molar-refractivity contribution in [2.45, 2.75) is 50.9 Å². The molecule has 0 heterocycles. The number of hydrogen-bond donors (Lipinski definition) is 1. The molecule has 1 saturated carbocycles. The molecule has 2 heteroatoms. The molecule has 0 radical (unpaired) electrons. The highest BCUT2D eigenvalue weighted by Gasteiger charge is 2.33. The van der Waals surface area contributed by atoms with E-state index in [4.69, 9.17) is 11.6 Å². The smallest absolute Gasteiger partial charge is 0.0406 e. The summed E-state index contributed by atoms with van der Waals surface area (Å²) in [6.07, 6.45) is 7.93. The standard InChI is InChI=1S/C16H24ClN/c1-2-12-18-13-16(10-4-3-5-11-16)14-6-8-15(17)9-7-14/h6-9,18H,2-5,10-13H2,1H3. The maximum absolute atomic E-state index is 6.01. The summed E-state index contributed by atoms with van der Waals surface area (Å²) in [5.74, 6) is 0. The summed E-state index contributed by atoms with van der Waals surface area (Å²) >= 11 is 6.01. The lowest BCUT2D eigenvalue weighted by Crippen LogP contribution is -2.40. The van der Waals surface area contributed by atoms with Crippen LogP contribution in [0.4, 0.5) is 0 Å². The molecule has 1 aromatic carbocycles. The average Bonchev–Trinajstić information content (AvgIpc) is 2.41. The van der Waals surface area contributed by atoms with Crippen molar-refractivity contribution < 1.29 is 0 Å². The quantitative estimate of drug-likeness (QED) is 0.771. The van der Waals surface area contributed by atoms with E-state index in [0.29, 0.717) is 5.41 Å². The number of hydrogen-bond acceptors (Lipinski definition) is 1. The summed E-state index contributed by atoms with van der Waals surface area (Å²) in [6, 6.07) is 8.52. The summed E-state index contributed by atoms with van der Waals surface area (Å²) < 4.78 is 0. The SMILES string of the molecule is CCCNCC1(c2ccc(Cl)cc2)CCCCC1. The number of rotatable bonds is 5. The van der Waals surface area contributed by atoms with Crippen LogP contribution < -0.4 is 5.32 Å². The van der Waals surface area contributed by atoms with Crippen molar-refractivity contribution in [3.05, 3.63) is 34.9 Å². The summed E-state index contributed by atoms with van der Waals surface area (Å²) in [6.45, 7) is 4.46. The average molecular weight is 266 g/mol. The van der Waals surface area contributed by atoms with Gasteiger partial charge in [-0.3, -0.25) is 0 Å². The largest absolute Gasteiger partial charge is 0.316 e. The molecule has 0 amide bonds. The molecule has 0 atom stereocenters. The molecular weight excluding hydrogens is 242 g/mol. The molecule has 2 rings (SSSR count). The van der Waals surface area contributed by atoms with Gasteiger partial charge in [-0.2, -0.15) is 0 Å². The number of halogens is 1. The van der Waals surface area contributed by atoms with Crippen LogP contribution in [0.15, 0.2) is 24.3 Å². The van der Waals surface area contributed by atoms with Gasteiger partial charge >= 0.3 is 0 Å². The van der Waals surface area contributed by atoms with Crippen LogP contribution >= 0.6 is 11.6 Å². The van der Waals surface area contributed by atoms with Crippen LogP contribution in [-0.2, 0) is 5.41 Å². The topological polar surface area (TPSA) is 12.0 Å². The van der Waals surface area contributed by atoms with Gasteiger partial charge in [0, 0.05) is 17.0 Å². The van der Waals surface area contributed by atoms with Gasteiger partial charge in [0.15, 0.2) is 0 Å². The molecule has 18 heavy (non-hydrogen) atoms. The molecule has 1 nitrogen and oxygen atoms in total. The Balaban J connectivity index is 2.15. The van der Waals surface area contributed by atoms with Crippen LogP contribution in [0.3, 0.4) is 0 Å². The highest BCUT2D eigenvalue weighted by Crippen LogP contribution is 2.39. The van der Waals surface area contributed by atoms with Crippen LogP contribution in [0.5, 0.6) is 0 Å². The van der Waals surface area contributed by atoms with Gasteiger partial charge in [0.1, 0.15) is 0 Å². The van der Waals surface area contributed by atoms with E-state index in [1.165, 1.54) is 44.1 Å². The van der Waals surface area contributed by atoms with Gasteiger partial charge < -0.3 is 5.32 Å². The van der Waals surface area contributed by atoms with Crippen molar-refractivity contribution in [2.24, 2.45) is 0 Å². The van der Waals surface area contributed by atoms with Crippen LogP contribution in [0.25, 0.3) is 0 Å². The van der Waals surface area contributed by atoms with E-state index in [0.717, 1.165) is 18.1 Å².